The van der Waals surface area contributed by atoms with Gasteiger partial charge in [-0.1, -0.05) is 0 Å². The summed E-state index contributed by atoms with van der Waals surface area (Å²) in [5.74, 6) is 0.496. The molecule has 1 N–H and O–H groups in total. The summed E-state index contributed by atoms with van der Waals surface area (Å²) >= 11 is 1.55. The monoisotopic (exact) mass is 371 g/mol. The number of fused-ring (bicyclic) bond motifs is 1. The lowest BCUT2D eigenvalue weighted by Gasteiger charge is -2.18. The molecule has 1 aliphatic heterocycles. The molecular formula is C18H18FN5OS. The second-order valence-corrected chi connectivity index (χ2v) is 7.37. The molecule has 0 saturated carbocycles. The minimum Gasteiger partial charge on any atom is -0.308 e. The van der Waals surface area contributed by atoms with E-state index in [1.54, 1.807) is 30.2 Å². The third-order valence-electron chi connectivity index (χ3n) is 4.62. The van der Waals surface area contributed by atoms with E-state index in [0.717, 1.165) is 28.3 Å². The summed E-state index contributed by atoms with van der Waals surface area (Å²) in [5, 5.41) is 7.30. The normalized spacial score (nSPS) is 16.9. The molecule has 0 spiro atoms. The number of aromatic nitrogens is 4. The van der Waals surface area contributed by atoms with Crippen LogP contribution in [0, 0.1) is 19.7 Å². The highest BCUT2D eigenvalue weighted by molar-refractivity contribution is 8.00. The molecule has 3 aromatic rings. The Hall–Kier alpha value is -2.61. The number of amides is 1. The molecule has 0 radical (unpaired) electrons. The number of nitrogens with zero attached hydrogens (tertiary/aromatic N) is 4. The van der Waals surface area contributed by atoms with E-state index < -0.39 is 0 Å². The summed E-state index contributed by atoms with van der Waals surface area (Å²) in [6.07, 6.45) is 1.66. The summed E-state index contributed by atoms with van der Waals surface area (Å²) in [6, 6.07) is 6.24. The van der Waals surface area contributed by atoms with Crippen molar-refractivity contribution in [3.05, 3.63) is 59.1 Å². The van der Waals surface area contributed by atoms with Crippen LogP contribution in [0.1, 0.15) is 27.9 Å². The number of hydrogen-bond acceptors (Lipinski definition) is 4. The van der Waals surface area contributed by atoms with Gasteiger partial charge in [-0.25, -0.2) is 9.37 Å². The minimum atomic E-state index is -0.293. The highest BCUT2D eigenvalue weighted by Gasteiger charge is 2.32. The molecule has 8 heteroatoms. The van der Waals surface area contributed by atoms with Crippen molar-refractivity contribution in [2.75, 3.05) is 11.1 Å². The third-order valence-corrected chi connectivity index (χ3v) is 5.84. The van der Waals surface area contributed by atoms with Crippen LogP contribution in [0.4, 0.5) is 10.2 Å². The van der Waals surface area contributed by atoms with Gasteiger partial charge in [0.25, 0.3) is 0 Å². The maximum atomic E-state index is 13.3. The second-order valence-electron chi connectivity index (χ2n) is 6.27. The minimum absolute atomic E-state index is 0.0812. The van der Waals surface area contributed by atoms with Gasteiger partial charge in [0.2, 0.25) is 5.91 Å². The van der Waals surface area contributed by atoms with Gasteiger partial charge in [0.1, 0.15) is 12.1 Å². The number of aryl methyl sites for hydroxylation is 2. The first-order chi connectivity index (χ1) is 12.5. The van der Waals surface area contributed by atoms with Crippen LogP contribution in [0.2, 0.25) is 0 Å². The molecule has 1 amide bonds. The molecule has 26 heavy (non-hydrogen) atoms. The van der Waals surface area contributed by atoms with Crippen molar-refractivity contribution in [1.82, 2.24) is 19.3 Å². The van der Waals surface area contributed by atoms with Crippen molar-refractivity contribution < 1.29 is 9.18 Å². The Kier molecular flexibility index (Phi) is 4.07. The maximum absolute atomic E-state index is 13.3. The molecule has 0 unspecified atom stereocenters. The van der Waals surface area contributed by atoms with Gasteiger partial charge in [-0.2, -0.15) is 5.10 Å². The number of carbonyl (C=O) groups is 1. The zero-order chi connectivity index (χ0) is 18.4. The molecule has 0 bridgehead atoms. The molecule has 0 saturated heterocycles. The molecule has 4 rings (SSSR count). The average molecular weight is 371 g/mol. The Balaban J connectivity index is 1.92. The van der Waals surface area contributed by atoms with Gasteiger partial charge in [0.15, 0.2) is 5.82 Å². The number of carbonyl (C=O) groups excluding carboxylic acids is 1. The van der Waals surface area contributed by atoms with E-state index in [0.29, 0.717) is 11.6 Å². The molecule has 6 nitrogen and oxygen atoms in total. The van der Waals surface area contributed by atoms with Gasteiger partial charge in [-0.15, -0.1) is 11.8 Å². The summed E-state index contributed by atoms with van der Waals surface area (Å²) in [5.41, 5.74) is 4.72. The Morgan fingerprint density at radius 3 is 2.65 bits per heavy atom. The van der Waals surface area contributed by atoms with Crippen molar-refractivity contribution in [2.45, 2.75) is 19.1 Å². The summed E-state index contributed by atoms with van der Waals surface area (Å²) in [6.45, 7) is 4.00. The Labute approximate surface area is 154 Å². The molecule has 1 atom stereocenters. The number of hydrogen-bond donors (Lipinski definition) is 1. The number of thioether (sulfide) groups is 1. The Morgan fingerprint density at radius 2 is 2.00 bits per heavy atom. The van der Waals surface area contributed by atoms with Crippen LogP contribution in [0.15, 0.2) is 30.6 Å². The maximum Gasteiger partial charge on any atom is 0.235 e. The van der Waals surface area contributed by atoms with Crippen molar-refractivity contribution in [1.29, 1.82) is 0 Å². The fourth-order valence-corrected chi connectivity index (χ4v) is 4.59. The molecule has 1 aliphatic rings. The number of rotatable bonds is 2. The highest BCUT2D eigenvalue weighted by atomic mass is 32.2. The number of imidazole rings is 1. The van der Waals surface area contributed by atoms with Crippen LogP contribution < -0.4 is 5.32 Å². The van der Waals surface area contributed by atoms with E-state index in [4.69, 9.17) is 0 Å². The lowest BCUT2D eigenvalue weighted by molar-refractivity contribution is -0.113. The Bertz CT molecular complexity index is 992. The fraction of sp³-hybridized carbons (Fsp3) is 0.278. The lowest BCUT2D eigenvalue weighted by Crippen LogP contribution is -2.12. The zero-order valence-corrected chi connectivity index (χ0v) is 15.5. The van der Waals surface area contributed by atoms with Gasteiger partial charge in [-0.3, -0.25) is 14.0 Å². The first kappa shape index (κ1) is 16.8. The quantitative estimate of drug-likeness (QED) is 0.752. The van der Waals surface area contributed by atoms with E-state index in [-0.39, 0.29) is 17.0 Å². The van der Waals surface area contributed by atoms with E-state index in [1.165, 1.54) is 12.1 Å². The molecule has 2 aromatic heterocycles. The van der Waals surface area contributed by atoms with Crippen LogP contribution in [0.25, 0.3) is 5.69 Å². The van der Waals surface area contributed by atoms with E-state index in [9.17, 15) is 9.18 Å². The second kappa shape index (κ2) is 6.28. The van der Waals surface area contributed by atoms with Crippen LogP contribution in [-0.4, -0.2) is 31.0 Å². The lowest BCUT2D eigenvalue weighted by atomic mass is 10.1. The van der Waals surface area contributed by atoms with E-state index in [2.05, 4.69) is 15.4 Å². The number of nitrogens with one attached hydrogen (secondary N) is 1. The first-order valence-corrected chi connectivity index (χ1v) is 9.25. The van der Waals surface area contributed by atoms with Gasteiger partial charge >= 0.3 is 0 Å². The van der Waals surface area contributed by atoms with Crippen LogP contribution in [0.3, 0.4) is 0 Å². The van der Waals surface area contributed by atoms with Gasteiger partial charge in [-0.05, 0) is 38.1 Å². The standard InChI is InChI=1S/C18H18FN5OS/c1-10-15(11(2)23(3)22-10)17-16-18(21-14(25)8-26-17)20-9-24(16)13-6-4-12(19)5-7-13/h4-7,9,17H,8H2,1-3H3,(H,21,25)/t17-/m1/s1. The van der Waals surface area contributed by atoms with Crippen molar-refractivity contribution in [3.8, 4) is 5.69 Å². The van der Waals surface area contributed by atoms with Gasteiger partial charge in [0, 0.05) is 24.0 Å². The van der Waals surface area contributed by atoms with Gasteiger partial charge in [0.05, 0.1) is 22.4 Å². The summed E-state index contributed by atoms with van der Waals surface area (Å²) in [7, 11) is 1.91. The molecule has 1 aromatic carbocycles. The largest absolute Gasteiger partial charge is 0.308 e. The number of benzene rings is 1. The van der Waals surface area contributed by atoms with E-state index >= 15 is 0 Å². The highest BCUT2D eigenvalue weighted by Crippen LogP contribution is 2.44. The van der Waals surface area contributed by atoms with Crippen LogP contribution in [-0.2, 0) is 11.8 Å². The number of halogens is 1. The zero-order valence-electron chi connectivity index (χ0n) is 14.7. The molecule has 3 heterocycles. The van der Waals surface area contributed by atoms with Crippen molar-refractivity contribution >= 4 is 23.5 Å². The fourth-order valence-electron chi connectivity index (χ4n) is 3.31. The van der Waals surface area contributed by atoms with Crippen LogP contribution >= 0.6 is 11.8 Å². The Morgan fingerprint density at radius 1 is 1.27 bits per heavy atom. The average Bonchev–Trinajstić information content (AvgIpc) is 3.06. The third kappa shape index (κ3) is 2.70. The summed E-state index contributed by atoms with van der Waals surface area (Å²) in [4.78, 5) is 16.5. The number of anilines is 1. The van der Waals surface area contributed by atoms with Crippen molar-refractivity contribution in [2.24, 2.45) is 7.05 Å². The predicted octanol–water partition coefficient (Wildman–Crippen LogP) is 3.14. The molecular weight excluding hydrogens is 353 g/mol. The SMILES string of the molecule is Cc1nn(C)c(C)c1[C@H]1SCC(=O)Nc2ncn(-c3ccc(F)cc3)c21. The van der Waals surface area contributed by atoms with Crippen LogP contribution in [0.5, 0.6) is 0 Å². The van der Waals surface area contributed by atoms with E-state index in [1.807, 2.05) is 30.1 Å². The summed E-state index contributed by atoms with van der Waals surface area (Å²) < 4.78 is 17.1. The first-order valence-electron chi connectivity index (χ1n) is 8.20. The smallest absolute Gasteiger partial charge is 0.235 e. The van der Waals surface area contributed by atoms with Gasteiger partial charge < -0.3 is 5.32 Å². The predicted molar refractivity (Wildman–Crippen MR) is 99.1 cm³/mol. The molecule has 134 valence electrons. The molecule has 0 fully saturated rings. The topological polar surface area (TPSA) is 64.7 Å². The molecule has 0 aliphatic carbocycles. The van der Waals surface area contributed by atoms with Crippen molar-refractivity contribution in [3.63, 3.8) is 0 Å².